The minimum absolute atomic E-state index is 0.415. The van der Waals surface area contributed by atoms with E-state index in [1.807, 2.05) is 35.1 Å². The van der Waals surface area contributed by atoms with Crippen molar-refractivity contribution >= 4 is 28.9 Å². The highest BCUT2D eigenvalue weighted by Gasteiger charge is 2.38. The van der Waals surface area contributed by atoms with Gasteiger partial charge in [0.1, 0.15) is 0 Å². The van der Waals surface area contributed by atoms with Gasteiger partial charge in [-0.2, -0.15) is 42.8 Å². The molecule has 40 heavy (non-hydrogen) atoms. The molecule has 0 spiro atoms. The Morgan fingerprint density at radius 1 is 0.950 bits per heavy atom. The van der Waals surface area contributed by atoms with Crippen LogP contribution in [-0.2, 0) is 16.1 Å². The van der Waals surface area contributed by atoms with Crippen LogP contribution in [0.5, 0.6) is 0 Å². The Morgan fingerprint density at radius 2 is 1.57 bits per heavy atom. The molecule has 1 atom stereocenters. The van der Waals surface area contributed by atoms with Gasteiger partial charge >= 0.3 is 24.3 Å². The maximum atomic E-state index is 10.6. The van der Waals surface area contributed by atoms with Gasteiger partial charge in [-0.3, -0.25) is 9.88 Å². The molecule has 1 unspecified atom stereocenters. The maximum Gasteiger partial charge on any atom is 0.490 e. The largest absolute Gasteiger partial charge is 0.490 e. The van der Waals surface area contributed by atoms with Gasteiger partial charge in [-0.1, -0.05) is 0 Å². The van der Waals surface area contributed by atoms with Crippen molar-refractivity contribution in [2.45, 2.75) is 31.2 Å². The van der Waals surface area contributed by atoms with Crippen molar-refractivity contribution in [1.29, 1.82) is 0 Å². The zero-order chi connectivity index (χ0) is 29.5. The average Bonchev–Trinajstić information content (AvgIpc) is 3.65. The van der Waals surface area contributed by atoms with Crippen LogP contribution in [0.4, 0.5) is 26.3 Å². The molecular weight excluding hydrogens is 568 g/mol. The van der Waals surface area contributed by atoms with Gasteiger partial charge in [0.05, 0.1) is 0 Å². The maximum absolute atomic E-state index is 10.6. The Hall–Kier alpha value is -4.05. The summed E-state index contributed by atoms with van der Waals surface area (Å²) in [5.74, 6) is -4.14. The van der Waals surface area contributed by atoms with Crippen molar-refractivity contribution in [2.24, 2.45) is 0 Å². The van der Waals surface area contributed by atoms with Crippen LogP contribution in [0.15, 0.2) is 59.7 Å². The van der Waals surface area contributed by atoms with Crippen LogP contribution < -0.4 is 0 Å². The van der Waals surface area contributed by atoms with Crippen LogP contribution in [-0.4, -0.2) is 72.1 Å². The topological polar surface area (TPSA) is 121 Å². The fourth-order valence-corrected chi connectivity index (χ4v) is 4.28. The zero-order valence-corrected chi connectivity index (χ0v) is 21.1. The summed E-state index contributed by atoms with van der Waals surface area (Å²) in [5, 5.41) is 23.4. The number of nitrogens with zero attached hydrogens (tertiary/aromatic N) is 5. The molecule has 0 bridgehead atoms. The predicted octanol–water partition coefficient (Wildman–Crippen LogP) is 5.11. The molecule has 0 aliphatic carbocycles. The molecule has 4 aromatic heterocycles. The van der Waals surface area contributed by atoms with Crippen LogP contribution in [0.3, 0.4) is 0 Å². The molecule has 1 aliphatic heterocycles. The van der Waals surface area contributed by atoms with Gasteiger partial charge in [-0.25, -0.2) is 19.1 Å². The quantitative estimate of drug-likeness (QED) is 0.315. The van der Waals surface area contributed by atoms with Crippen LogP contribution in [0, 0.1) is 0 Å². The summed E-state index contributed by atoms with van der Waals surface area (Å²) in [4.78, 5) is 29.2. The van der Waals surface area contributed by atoms with Crippen molar-refractivity contribution in [2.75, 3.05) is 13.1 Å². The Kier molecular flexibility index (Phi) is 9.81. The molecule has 2 N–H and O–H groups in total. The minimum atomic E-state index is -5.08. The fourth-order valence-electron chi connectivity index (χ4n) is 3.62. The predicted molar refractivity (Wildman–Crippen MR) is 131 cm³/mol. The second-order valence-electron chi connectivity index (χ2n) is 8.38. The first kappa shape index (κ1) is 30.5. The molecule has 0 aromatic carbocycles. The number of likely N-dealkylation sites (tertiary alicyclic amines) is 1. The Labute approximate surface area is 226 Å². The average molecular weight is 590 g/mol. The molecule has 9 nitrogen and oxygen atoms in total. The van der Waals surface area contributed by atoms with E-state index < -0.39 is 24.3 Å². The van der Waals surface area contributed by atoms with E-state index in [9.17, 15) is 26.3 Å². The number of carbonyl (C=O) groups is 2. The van der Waals surface area contributed by atoms with Crippen molar-refractivity contribution in [3.8, 4) is 11.1 Å². The first-order valence-corrected chi connectivity index (χ1v) is 12.3. The van der Waals surface area contributed by atoms with Gasteiger partial charge in [-0.15, -0.1) is 0 Å². The van der Waals surface area contributed by atoms with E-state index in [1.165, 1.54) is 5.56 Å². The molecule has 0 radical (unpaired) electrons. The van der Waals surface area contributed by atoms with Crippen LogP contribution in [0.25, 0.3) is 16.8 Å². The van der Waals surface area contributed by atoms with Crippen molar-refractivity contribution in [1.82, 2.24) is 24.5 Å². The molecule has 1 saturated heterocycles. The highest BCUT2D eigenvalue weighted by Crippen LogP contribution is 2.27. The number of fused-ring (bicyclic) bond motifs is 1. The van der Waals surface area contributed by atoms with E-state index in [2.05, 4.69) is 39.0 Å². The van der Waals surface area contributed by atoms with Crippen molar-refractivity contribution in [3.05, 3.63) is 71.1 Å². The molecule has 16 heteroatoms. The van der Waals surface area contributed by atoms with E-state index in [4.69, 9.17) is 29.9 Å². The third kappa shape index (κ3) is 8.74. The molecule has 0 saturated carbocycles. The number of carboxylic acid groups (broad SMARTS) is 2. The Balaban J connectivity index is 0.000000263. The third-order valence-corrected chi connectivity index (χ3v) is 6.20. The summed E-state index contributed by atoms with van der Waals surface area (Å²) in [5.41, 5.74) is 4.58. The second-order valence-corrected chi connectivity index (χ2v) is 9.16. The van der Waals surface area contributed by atoms with E-state index in [0.717, 1.165) is 48.7 Å². The number of hydrogen-bond donors (Lipinski definition) is 2. The number of halogens is 6. The number of aliphatic carboxylic acids is 2. The standard InChI is InChI=1S/C20H19N5S.2C2HF3O2/c1-2-19-22-20(18-5-9-24(12-18)11-15-6-10-26-14-15)23-25(19)13-17(1)16-3-7-21-8-4-16;2*3-2(4,5)1(6)7/h1-4,6-8,10,13-14,18H,5,9,11-12H2;2*(H,6,7). The second kappa shape index (κ2) is 12.9. The molecule has 4 aromatic rings. The minimum Gasteiger partial charge on any atom is -0.475 e. The smallest absolute Gasteiger partial charge is 0.475 e. The summed E-state index contributed by atoms with van der Waals surface area (Å²) >= 11 is 1.76. The number of aromatic nitrogens is 4. The molecule has 1 aliphatic rings. The lowest BCUT2D eigenvalue weighted by Gasteiger charge is -2.13. The Bertz CT molecular complexity index is 1390. The van der Waals surface area contributed by atoms with Gasteiger partial charge in [0.25, 0.3) is 0 Å². The number of thiophene rings is 1. The molecular formula is C24H21F6N5O4S. The molecule has 5 heterocycles. The highest BCUT2D eigenvalue weighted by atomic mass is 32.1. The van der Waals surface area contributed by atoms with E-state index in [1.54, 1.807) is 11.3 Å². The molecule has 0 amide bonds. The number of rotatable bonds is 4. The summed E-state index contributed by atoms with van der Waals surface area (Å²) in [6.45, 7) is 3.17. The summed E-state index contributed by atoms with van der Waals surface area (Å²) < 4.78 is 65.4. The normalized spacial score (nSPS) is 15.6. The van der Waals surface area contributed by atoms with Crippen molar-refractivity contribution in [3.63, 3.8) is 0 Å². The van der Waals surface area contributed by atoms with Gasteiger partial charge in [0.15, 0.2) is 11.5 Å². The lowest BCUT2D eigenvalue weighted by atomic mass is 10.1. The van der Waals surface area contributed by atoms with Gasteiger partial charge < -0.3 is 10.2 Å². The first-order chi connectivity index (χ1) is 18.7. The number of carboxylic acids is 2. The third-order valence-electron chi connectivity index (χ3n) is 5.47. The molecule has 214 valence electrons. The Morgan fingerprint density at radius 3 is 2.12 bits per heavy atom. The number of alkyl halides is 6. The van der Waals surface area contributed by atoms with Gasteiger partial charge in [0.2, 0.25) is 0 Å². The molecule has 5 rings (SSSR count). The zero-order valence-electron chi connectivity index (χ0n) is 20.3. The van der Waals surface area contributed by atoms with Gasteiger partial charge in [-0.05, 0) is 65.2 Å². The van der Waals surface area contributed by atoms with E-state index in [-0.39, 0.29) is 0 Å². The van der Waals surface area contributed by atoms with Crippen LogP contribution >= 0.6 is 11.3 Å². The SMILES string of the molecule is O=C(O)C(F)(F)F.O=C(O)C(F)(F)F.c1cc(-c2ccc3nc(C4CCN(Cc5ccsc5)C4)nn3c2)ccn1. The monoisotopic (exact) mass is 589 g/mol. The lowest BCUT2D eigenvalue weighted by Crippen LogP contribution is -2.21. The number of pyridine rings is 2. The summed E-state index contributed by atoms with van der Waals surface area (Å²) in [7, 11) is 0. The summed E-state index contributed by atoms with van der Waals surface area (Å²) in [6.07, 6.45) is -3.36. The number of hydrogen-bond acceptors (Lipinski definition) is 7. The van der Waals surface area contributed by atoms with Gasteiger partial charge in [0, 0.05) is 43.2 Å². The summed E-state index contributed by atoms with van der Waals surface area (Å²) in [6, 6.07) is 10.4. The lowest BCUT2D eigenvalue weighted by molar-refractivity contribution is -0.193. The van der Waals surface area contributed by atoms with Crippen LogP contribution in [0.1, 0.15) is 23.7 Å². The molecule has 1 fully saturated rings. The highest BCUT2D eigenvalue weighted by molar-refractivity contribution is 7.07. The van der Waals surface area contributed by atoms with Crippen LogP contribution in [0.2, 0.25) is 0 Å². The first-order valence-electron chi connectivity index (χ1n) is 11.3. The fraction of sp³-hybridized carbons (Fsp3) is 0.292. The van der Waals surface area contributed by atoms with Crippen molar-refractivity contribution < 1.29 is 46.1 Å². The van der Waals surface area contributed by atoms with E-state index in [0.29, 0.717) is 5.92 Å². The van der Waals surface area contributed by atoms with E-state index >= 15 is 0 Å².